The van der Waals surface area contributed by atoms with Crippen molar-refractivity contribution >= 4 is 23.3 Å². The second-order valence-corrected chi connectivity index (χ2v) is 6.73. The van der Waals surface area contributed by atoms with Gasteiger partial charge in [-0.25, -0.2) is 4.79 Å². The zero-order chi connectivity index (χ0) is 19.9. The molecule has 2 aromatic carbocycles. The average molecular weight is 384 g/mol. The third-order valence-electron chi connectivity index (χ3n) is 4.91. The molecule has 148 valence electrons. The van der Waals surface area contributed by atoms with Gasteiger partial charge < -0.3 is 24.6 Å². The van der Waals surface area contributed by atoms with Gasteiger partial charge in [-0.05, 0) is 48.5 Å². The van der Waals surface area contributed by atoms with Gasteiger partial charge in [-0.1, -0.05) is 0 Å². The highest BCUT2D eigenvalue weighted by Crippen LogP contribution is 2.19. The lowest BCUT2D eigenvalue weighted by atomic mass is 10.2. The number of quaternary nitrogens is 1. The summed E-state index contributed by atoms with van der Waals surface area (Å²) in [6, 6.07) is 14.8. The number of hydrogen-bond donors (Lipinski definition) is 2. The van der Waals surface area contributed by atoms with E-state index < -0.39 is 5.97 Å². The largest absolute Gasteiger partial charge is 0.497 e. The third-order valence-corrected chi connectivity index (χ3v) is 4.91. The molecular weight excluding hydrogens is 358 g/mol. The van der Waals surface area contributed by atoms with E-state index in [2.05, 4.69) is 27.1 Å². The van der Waals surface area contributed by atoms with Gasteiger partial charge in [0.05, 0.1) is 46.0 Å². The van der Waals surface area contributed by atoms with E-state index in [9.17, 15) is 9.59 Å². The zero-order valence-electron chi connectivity index (χ0n) is 16.2. The van der Waals surface area contributed by atoms with Crippen molar-refractivity contribution in [2.45, 2.75) is 0 Å². The van der Waals surface area contributed by atoms with E-state index in [0.29, 0.717) is 17.8 Å². The Morgan fingerprint density at radius 1 is 1.00 bits per heavy atom. The molecule has 7 heteroatoms. The van der Waals surface area contributed by atoms with Crippen molar-refractivity contribution in [3.8, 4) is 5.75 Å². The topological polar surface area (TPSA) is 72.3 Å². The highest BCUT2D eigenvalue weighted by molar-refractivity contribution is 5.93. The van der Waals surface area contributed by atoms with Crippen LogP contribution in [0.2, 0.25) is 0 Å². The van der Waals surface area contributed by atoms with Gasteiger partial charge in [0, 0.05) is 11.4 Å². The zero-order valence-corrected chi connectivity index (χ0v) is 16.2. The van der Waals surface area contributed by atoms with E-state index in [0.717, 1.165) is 31.9 Å². The summed E-state index contributed by atoms with van der Waals surface area (Å²) in [6.45, 7) is 4.04. The Labute approximate surface area is 164 Å². The van der Waals surface area contributed by atoms with Crippen LogP contribution in [0.5, 0.6) is 5.75 Å². The number of anilines is 2. The van der Waals surface area contributed by atoms with Crippen molar-refractivity contribution in [2.75, 3.05) is 57.2 Å². The van der Waals surface area contributed by atoms with Gasteiger partial charge in [0.1, 0.15) is 5.75 Å². The van der Waals surface area contributed by atoms with Crippen LogP contribution in [-0.4, -0.2) is 58.8 Å². The number of carbonyl (C=O) groups is 2. The highest BCUT2D eigenvalue weighted by Gasteiger charge is 2.22. The van der Waals surface area contributed by atoms with E-state index in [1.165, 1.54) is 17.7 Å². The maximum Gasteiger partial charge on any atom is 0.337 e. The van der Waals surface area contributed by atoms with Crippen molar-refractivity contribution in [2.24, 2.45) is 0 Å². The van der Waals surface area contributed by atoms with Gasteiger partial charge in [-0.2, -0.15) is 0 Å². The number of amides is 1. The molecule has 0 unspecified atom stereocenters. The van der Waals surface area contributed by atoms with Gasteiger partial charge >= 0.3 is 5.97 Å². The third kappa shape index (κ3) is 5.01. The minimum absolute atomic E-state index is 0.0290. The summed E-state index contributed by atoms with van der Waals surface area (Å²) in [5.41, 5.74) is 2.31. The first kappa shape index (κ1) is 19.7. The van der Waals surface area contributed by atoms with Crippen LogP contribution in [0.4, 0.5) is 11.4 Å². The maximum atomic E-state index is 12.3. The van der Waals surface area contributed by atoms with Crippen LogP contribution in [0.1, 0.15) is 10.4 Å². The highest BCUT2D eigenvalue weighted by atomic mass is 16.5. The minimum atomic E-state index is -0.392. The molecule has 1 saturated heterocycles. The summed E-state index contributed by atoms with van der Waals surface area (Å²) >= 11 is 0. The first-order valence-corrected chi connectivity index (χ1v) is 9.30. The van der Waals surface area contributed by atoms with Crippen LogP contribution in [0.3, 0.4) is 0 Å². The number of esters is 1. The Morgan fingerprint density at radius 2 is 1.64 bits per heavy atom. The quantitative estimate of drug-likeness (QED) is 0.722. The molecule has 1 amide bonds. The lowest BCUT2D eigenvalue weighted by Gasteiger charge is -2.33. The number of hydrogen-bond acceptors (Lipinski definition) is 5. The molecule has 1 heterocycles. The smallest absolute Gasteiger partial charge is 0.337 e. The molecule has 3 rings (SSSR count). The molecule has 2 aromatic rings. The number of benzene rings is 2. The fourth-order valence-corrected chi connectivity index (χ4v) is 3.29. The van der Waals surface area contributed by atoms with Crippen LogP contribution >= 0.6 is 0 Å². The number of ether oxygens (including phenoxy) is 2. The van der Waals surface area contributed by atoms with Gasteiger partial charge in [0.15, 0.2) is 6.54 Å². The molecule has 0 aromatic heterocycles. The Bertz CT molecular complexity index is 797. The van der Waals surface area contributed by atoms with Gasteiger partial charge in [-0.3, -0.25) is 4.79 Å². The summed E-state index contributed by atoms with van der Waals surface area (Å²) in [5.74, 6) is 0.431. The van der Waals surface area contributed by atoms with Crippen molar-refractivity contribution in [3.63, 3.8) is 0 Å². The average Bonchev–Trinajstić information content (AvgIpc) is 2.74. The molecule has 0 aliphatic carbocycles. The molecule has 0 atom stereocenters. The maximum absolute atomic E-state index is 12.3. The molecule has 28 heavy (non-hydrogen) atoms. The summed E-state index contributed by atoms with van der Waals surface area (Å²) < 4.78 is 9.87. The molecule has 1 fully saturated rings. The van der Waals surface area contributed by atoms with Crippen LogP contribution in [0.25, 0.3) is 0 Å². The van der Waals surface area contributed by atoms with Gasteiger partial charge in [0.2, 0.25) is 0 Å². The van der Waals surface area contributed by atoms with Gasteiger partial charge in [-0.15, -0.1) is 0 Å². The normalized spacial score (nSPS) is 14.4. The number of nitrogens with one attached hydrogen (secondary N) is 2. The minimum Gasteiger partial charge on any atom is -0.497 e. The fraction of sp³-hybridized carbons (Fsp3) is 0.333. The van der Waals surface area contributed by atoms with Crippen LogP contribution < -0.4 is 19.9 Å². The molecule has 1 aliphatic heterocycles. The van der Waals surface area contributed by atoms with E-state index in [1.54, 1.807) is 31.4 Å². The summed E-state index contributed by atoms with van der Waals surface area (Å²) in [4.78, 5) is 27.4. The second-order valence-electron chi connectivity index (χ2n) is 6.73. The number of carbonyl (C=O) groups excluding carboxylic acids is 2. The van der Waals surface area contributed by atoms with Crippen LogP contribution in [0.15, 0.2) is 48.5 Å². The first-order valence-electron chi connectivity index (χ1n) is 9.30. The SMILES string of the molecule is COC(=O)c1ccc(NC(=O)C[NH+]2CCN(c3ccc(OC)cc3)CC2)cc1. The Kier molecular flexibility index (Phi) is 6.49. The molecular formula is C21H26N3O4+. The number of rotatable bonds is 6. The van der Waals surface area contributed by atoms with E-state index >= 15 is 0 Å². The standard InChI is InChI=1S/C21H25N3O4/c1-27-19-9-7-18(8-10-19)24-13-11-23(12-14-24)15-20(25)22-17-5-3-16(4-6-17)21(26)28-2/h3-10H,11-15H2,1-2H3,(H,22,25)/p+1. The monoisotopic (exact) mass is 384 g/mol. The molecule has 0 bridgehead atoms. The number of methoxy groups -OCH3 is 2. The molecule has 0 spiro atoms. The van der Waals surface area contributed by atoms with Crippen molar-refractivity contribution in [1.82, 2.24) is 0 Å². The van der Waals surface area contributed by atoms with Gasteiger partial charge in [0.25, 0.3) is 5.91 Å². The molecule has 0 saturated carbocycles. The summed E-state index contributed by atoms with van der Waals surface area (Å²) in [6.07, 6.45) is 0. The fourth-order valence-electron chi connectivity index (χ4n) is 3.29. The van der Waals surface area contributed by atoms with Crippen molar-refractivity contribution in [3.05, 3.63) is 54.1 Å². The Morgan fingerprint density at radius 3 is 2.21 bits per heavy atom. The summed E-state index contributed by atoms with van der Waals surface area (Å²) in [7, 11) is 3.00. The lowest BCUT2D eigenvalue weighted by molar-refractivity contribution is -0.892. The predicted octanol–water partition coefficient (Wildman–Crippen LogP) is 0.825. The first-order chi connectivity index (χ1) is 13.6. The van der Waals surface area contributed by atoms with Crippen LogP contribution in [0, 0.1) is 0 Å². The Hall–Kier alpha value is -3.06. The van der Waals surface area contributed by atoms with E-state index in [-0.39, 0.29) is 5.91 Å². The molecule has 0 radical (unpaired) electrons. The second kappa shape index (κ2) is 9.23. The number of piperazine rings is 1. The van der Waals surface area contributed by atoms with E-state index in [4.69, 9.17) is 4.74 Å². The lowest BCUT2D eigenvalue weighted by Crippen LogP contribution is -3.15. The van der Waals surface area contributed by atoms with Crippen molar-refractivity contribution in [1.29, 1.82) is 0 Å². The van der Waals surface area contributed by atoms with Crippen LogP contribution in [-0.2, 0) is 9.53 Å². The number of nitrogens with zero attached hydrogens (tertiary/aromatic N) is 1. The molecule has 1 aliphatic rings. The van der Waals surface area contributed by atoms with E-state index in [1.807, 2.05) is 12.1 Å². The molecule has 2 N–H and O–H groups in total. The predicted molar refractivity (Wildman–Crippen MR) is 107 cm³/mol. The Balaban J connectivity index is 1.46. The summed E-state index contributed by atoms with van der Waals surface area (Å²) in [5, 5.41) is 2.89. The van der Waals surface area contributed by atoms with Crippen molar-refractivity contribution < 1.29 is 24.0 Å². The molecule has 7 nitrogen and oxygen atoms in total.